The zero-order valence-corrected chi connectivity index (χ0v) is 18.5. The summed E-state index contributed by atoms with van der Waals surface area (Å²) in [7, 11) is 0. The van der Waals surface area contributed by atoms with Crippen molar-refractivity contribution < 1.29 is 14.7 Å². The van der Waals surface area contributed by atoms with E-state index in [0.29, 0.717) is 48.9 Å². The highest BCUT2D eigenvalue weighted by Gasteiger charge is 2.27. The number of halogens is 2. The SMILES string of the molecule is O=C(O)CCCCC(=O)N1CCc2c(n(Cc3ccc(Cl)c(Cl)c3)c3ncccc23)C1. The number of amides is 1. The van der Waals surface area contributed by atoms with Crippen molar-refractivity contribution in [2.45, 2.75) is 45.2 Å². The number of carbonyl (C=O) groups excluding carboxylic acids is 1. The second kappa shape index (κ2) is 9.28. The Kier molecular flexibility index (Phi) is 6.49. The summed E-state index contributed by atoms with van der Waals surface area (Å²) in [4.78, 5) is 29.9. The third-order valence-corrected chi connectivity index (χ3v) is 6.46. The predicted octanol–water partition coefficient (Wildman–Crippen LogP) is 4.92. The Morgan fingerprint density at radius 3 is 2.68 bits per heavy atom. The Balaban J connectivity index is 1.59. The van der Waals surface area contributed by atoms with E-state index in [-0.39, 0.29) is 12.3 Å². The fourth-order valence-electron chi connectivity index (χ4n) is 4.17. The third-order valence-electron chi connectivity index (χ3n) is 5.72. The maximum absolute atomic E-state index is 12.7. The second-order valence-electron chi connectivity index (χ2n) is 7.80. The highest BCUT2D eigenvalue weighted by molar-refractivity contribution is 6.42. The molecule has 0 atom stereocenters. The maximum atomic E-state index is 12.7. The van der Waals surface area contributed by atoms with Gasteiger partial charge in [-0.05, 0) is 54.7 Å². The van der Waals surface area contributed by atoms with E-state index in [4.69, 9.17) is 28.3 Å². The first-order valence-corrected chi connectivity index (χ1v) is 11.1. The highest BCUT2D eigenvalue weighted by atomic mass is 35.5. The molecular formula is C23H23Cl2N3O3. The van der Waals surface area contributed by atoms with Crippen molar-refractivity contribution >= 4 is 46.1 Å². The summed E-state index contributed by atoms with van der Waals surface area (Å²) in [5, 5.41) is 10.9. The van der Waals surface area contributed by atoms with Crippen molar-refractivity contribution in [1.82, 2.24) is 14.5 Å². The molecule has 1 N–H and O–H groups in total. The van der Waals surface area contributed by atoms with Crippen LogP contribution in [0.2, 0.25) is 10.0 Å². The first-order valence-electron chi connectivity index (χ1n) is 10.3. The van der Waals surface area contributed by atoms with Crippen LogP contribution < -0.4 is 0 Å². The topological polar surface area (TPSA) is 75.4 Å². The number of fused-ring (bicyclic) bond motifs is 3. The molecule has 0 aliphatic carbocycles. The molecule has 1 aromatic carbocycles. The number of rotatable bonds is 7. The van der Waals surface area contributed by atoms with Crippen LogP contribution in [0, 0.1) is 0 Å². The van der Waals surface area contributed by atoms with Crippen LogP contribution in [0.1, 0.15) is 42.5 Å². The zero-order valence-electron chi connectivity index (χ0n) is 17.0. The lowest BCUT2D eigenvalue weighted by Crippen LogP contribution is -2.36. The molecule has 0 saturated carbocycles. The summed E-state index contributed by atoms with van der Waals surface area (Å²) in [5.74, 6) is -0.760. The van der Waals surface area contributed by atoms with Crippen LogP contribution in [-0.2, 0) is 29.1 Å². The van der Waals surface area contributed by atoms with Crippen molar-refractivity contribution in [3.8, 4) is 0 Å². The minimum absolute atomic E-state index is 0.0651. The molecule has 0 unspecified atom stereocenters. The van der Waals surface area contributed by atoms with Gasteiger partial charge in [0, 0.05) is 43.2 Å². The van der Waals surface area contributed by atoms with Crippen molar-refractivity contribution in [3.05, 3.63) is 63.4 Å². The number of unbranched alkanes of at least 4 members (excludes halogenated alkanes) is 1. The molecular weight excluding hydrogens is 437 g/mol. The second-order valence-corrected chi connectivity index (χ2v) is 8.61. The van der Waals surface area contributed by atoms with Crippen LogP contribution in [0.5, 0.6) is 0 Å². The van der Waals surface area contributed by atoms with Gasteiger partial charge in [-0.1, -0.05) is 29.3 Å². The maximum Gasteiger partial charge on any atom is 0.303 e. The van der Waals surface area contributed by atoms with Crippen molar-refractivity contribution in [1.29, 1.82) is 0 Å². The highest BCUT2D eigenvalue weighted by Crippen LogP contribution is 2.31. The summed E-state index contributed by atoms with van der Waals surface area (Å²) in [6.45, 7) is 1.76. The van der Waals surface area contributed by atoms with Crippen molar-refractivity contribution in [2.75, 3.05) is 6.54 Å². The molecule has 31 heavy (non-hydrogen) atoms. The summed E-state index contributed by atoms with van der Waals surface area (Å²) < 4.78 is 2.16. The molecule has 0 saturated heterocycles. The Hall–Kier alpha value is -2.57. The molecule has 1 aliphatic rings. The molecule has 0 fully saturated rings. The van der Waals surface area contributed by atoms with E-state index in [1.807, 2.05) is 23.1 Å². The van der Waals surface area contributed by atoms with E-state index in [1.54, 1.807) is 12.3 Å². The standard InChI is InChI=1S/C23H23Cl2N3O3/c24-18-8-7-15(12-19(18)25)13-28-20-14-27(21(29)5-1-2-6-22(30)31)11-9-16(20)17-4-3-10-26-23(17)28/h3-4,7-8,10,12H,1-2,5-6,9,11,13-14H2,(H,30,31). The van der Waals surface area contributed by atoms with E-state index in [2.05, 4.69) is 15.6 Å². The van der Waals surface area contributed by atoms with Crippen LogP contribution in [0.4, 0.5) is 0 Å². The van der Waals surface area contributed by atoms with Gasteiger partial charge in [0.1, 0.15) is 5.65 Å². The van der Waals surface area contributed by atoms with Gasteiger partial charge in [-0.15, -0.1) is 0 Å². The van der Waals surface area contributed by atoms with Crippen LogP contribution in [-0.4, -0.2) is 38.0 Å². The average Bonchev–Trinajstić information content (AvgIpc) is 3.07. The Bertz CT molecular complexity index is 1140. The van der Waals surface area contributed by atoms with E-state index >= 15 is 0 Å². The van der Waals surface area contributed by atoms with Crippen LogP contribution >= 0.6 is 23.2 Å². The van der Waals surface area contributed by atoms with Gasteiger partial charge >= 0.3 is 5.97 Å². The Labute approximate surface area is 190 Å². The summed E-state index contributed by atoms with van der Waals surface area (Å²) in [6.07, 6.45) is 4.12. The number of benzene rings is 1. The normalized spacial score (nSPS) is 13.4. The van der Waals surface area contributed by atoms with Crippen molar-refractivity contribution in [3.63, 3.8) is 0 Å². The fraction of sp³-hybridized carbons (Fsp3) is 0.348. The predicted molar refractivity (Wildman–Crippen MR) is 121 cm³/mol. The molecule has 0 spiro atoms. The fourth-order valence-corrected chi connectivity index (χ4v) is 4.50. The number of hydrogen-bond acceptors (Lipinski definition) is 3. The van der Waals surface area contributed by atoms with Gasteiger partial charge in [0.2, 0.25) is 5.91 Å². The number of carbonyl (C=O) groups is 2. The van der Waals surface area contributed by atoms with Gasteiger partial charge in [-0.25, -0.2) is 4.98 Å². The van der Waals surface area contributed by atoms with Crippen molar-refractivity contribution in [2.24, 2.45) is 0 Å². The summed E-state index contributed by atoms with van der Waals surface area (Å²) in [6, 6.07) is 9.61. The molecule has 162 valence electrons. The van der Waals surface area contributed by atoms with E-state index in [0.717, 1.165) is 28.7 Å². The van der Waals surface area contributed by atoms with Gasteiger partial charge in [0.05, 0.1) is 16.6 Å². The lowest BCUT2D eigenvalue weighted by Gasteiger charge is -2.28. The molecule has 8 heteroatoms. The third kappa shape index (κ3) is 4.70. The van der Waals surface area contributed by atoms with Crippen LogP contribution in [0.25, 0.3) is 11.0 Å². The van der Waals surface area contributed by atoms with E-state index < -0.39 is 5.97 Å². The van der Waals surface area contributed by atoms with Gasteiger partial charge in [-0.3, -0.25) is 9.59 Å². The van der Waals surface area contributed by atoms with Gasteiger partial charge < -0.3 is 14.6 Å². The molecule has 2 aromatic heterocycles. The molecule has 3 aromatic rings. The zero-order chi connectivity index (χ0) is 22.0. The lowest BCUT2D eigenvalue weighted by molar-refractivity contribution is -0.137. The summed E-state index contributed by atoms with van der Waals surface area (Å²) in [5.41, 5.74) is 4.23. The smallest absolute Gasteiger partial charge is 0.303 e. The molecule has 3 heterocycles. The minimum Gasteiger partial charge on any atom is -0.481 e. The summed E-state index contributed by atoms with van der Waals surface area (Å²) >= 11 is 12.3. The monoisotopic (exact) mass is 459 g/mol. The number of carboxylic acids is 1. The van der Waals surface area contributed by atoms with E-state index in [1.165, 1.54) is 5.56 Å². The molecule has 0 bridgehead atoms. The molecule has 0 radical (unpaired) electrons. The molecule has 4 rings (SSSR count). The number of nitrogens with zero attached hydrogens (tertiary/aromatic N) is 3. The van der Waals surface area contributed by atoms with E-state index in [9.17, 15) is 9.59 Å². The van der Waals surface area contributed by atoms with Crippen LogP contribution in [0.15, 0.2) is 36.5 Å². The van der Waals surface area contributed by atoms with Gasteiger partial charge in [0.15, 0.2) is 0 Å². The van der Waals surface area contributed by atoms with Gasteiger partial charge in [-0.2, -0.15) is 0 Å². The first-order chi connectivity index (χ1) is 14.9. The Morgan fingerprint density at radius 2 is 1.90 bits per heavy atom. The molecule has 1 amide bonds. The molecule has 6 nitrogen and oxygen atoms in total. The minimum atomic E-state index is -0.825. The number of pyridine rings is 1. The lowest BCUT2D eigenvalue weighted by atomic mass is 10.0. The quantitative estimate of drug-likeness (QED) is 0.508. The first kappa shape index (κ1) is 21.7. The number of aromatic nitrogens is 2. The number of hydrogen-bond donors (Lipinski definition) is 1. The van der Waals surface area contributed by atoms with Gasteiger partial charge in [0.25, 0.3) is 0 Å². The number of carboxylic acid groups (broad SMARTS) is 1. The molecule has 1 aliphatic heterocycles. The average molecular weight is 460 g/mol. The van der Waals surface area contributed by atoms with Crippen LogP contribution in [0.3, 0.4) is 0 Å². The number of aliphatic carboxylic acids is 1. The largest absolute Gasteiger partial charge is 0.481 e. The Morgan fingerprint density at radius 1 is 1.10 bits per heavy atom.